The zero-order valence-electron chi connectivity index (χ0n) is 9.32. The third-order valence-corrected chi connectivity index (χ3v) is 2.73. The average molecular weight is 219 g/mol. The molecule has 0 spiro atoms. The Bertz CT molecular complexity index is 331. The highest BCUT2D eigenvalue weighted by Crippen LogP contribution is 2.09. The van der Waals surface area contributed by atoms with Crippen molar-refractivity contribution in [3.8, 4) is 0 Å². The van der Waals surface area contributed by atoms with Crippen LogP contribution in [0.3, 0.4) is 0 Å². The van der Waals surface area contributed by atoms with E-state index in [2.05, 4.69) is 5.32 Å². The Morgan fingerprint density at radius 3 is 2.81 bits per heavy atom. The van der Waals surface area contributed by atoms with Gasteiger partial charge in [0.2, 0.25) is 0 Å². The number of rotatable bonds is 3. The quantitative estimate of drug-likeness (QED) is 0.789. The molecule has 1 fully saturated rings. The van der Waals surface area contributed by atoms with Gasteiger partial charge in [0.05, 0.1) is 6.42 Å². The van der Waals surface area contributed by atoms with Crippen molar-refractivity contribution in [2.24, 2.45) is 0 Å². The first-order valence-corrected chi connectivity index (χ1v) is 5.81. The van der Waals surface area contributed by atoms with Crippen molar-refractivity contribution in [2.75, 3.05) is 6.54 Å². The van der Waals surface area contributed by atoms with E-state index in [1.807, 2.05) is 30.3 Å². The molecule has 86 valence electrons. The molecule has 2 rings (SSSR count). The average Bonchev–Trinajstić information content (AvgIpc) is 2.31. The van der Waals surface area contributed by atoms with E-state index in [0.717, 1.165) is 24.9 Å². The van der Waals surface area contributed by atoms with E-state index in [0.29, 0.717) is 6.42 Å². The van der Waals surface area contributed by atoms with E-state index >= 15 is 0 Å². The van der Waals surface area contributed by atoms with Gasteiger partial charge in [-0.15, -0.1) is 0 Å². The van der Waals surface area contributed by atoms with Crippen LogP contribution < -0.4 is 5.32 Å². The Kier molecular flexibility index (Phi) is 3.94. The second kappa shape index (κ2) is 5.66. The van der Waals surface area contributed by atoms with Crippen molar-refractivity contribution >= 4 is 5.97 Å². The molecule has 0 saturated carbocycles. The fourth-order valence-electron chi connectivity index (χ4n) is 1.88. The summed E-state index contributed by atoms with van der Waals surface area (Å²) in [5.74, 6) is -0.148. The lowest BCUT2D eigenvalue weighted by molar-refractivity contribution is -0.151. The Morgan fingerprint density at radius 2 is 2.12 bits per heavy atom. The summed E-state index contributed by atoms with van der Waals surface area (Å²) in [7, 11) is 0. The second-order valence-corrected chi connectivity index (χ2v) is 4.09. The summed E-state index contributed by atoms with van der Waals surface area (Å²) in [5, 5.41) is 3.19. The van der Waals surface area contributed by atoms with Gasteiger partial charge >= 0.3 is 5.97 Å². The van der Waals surface area contributed by atoms with E-state index in [1.54, 1.807) is 0 Å². The molecule has 0 bridgehead atoms. The van der Waals surface area contributed by atoms with Crippen molar-refractivity contribution in [1.29, 1.82) is 0 Å². The maximum Gasteiger partial charge on any atom is 0.311 e. The first kappa shape index (κ1) is 11.1. The smallest absolute Gasteiger partial charge is 0.311 e. The van der Waals surface area contributed by atoms with Gasteiger partial charge in [-0.25, -0.2) is 0 Å². The van der Waals surface area contributed by atoms with E-state index in [-0.39, 0.29) is 12.2 Å². The maximum atomic E-state index is 11.6. The zero-order valence-corrected chi connectivity index (χ0v) is 9.32. The van der Waals surface area contributed by atoms with Crippen LogP contribution in [0.5, 0.6) is 0 Å². The van der Waals surface area contributed by atoms with Crippen LogP contribution in [-0.4, -0.2) is 18.7 Å². The predicted octanol–water partition coefficient (Wildman–Crippen LogP) is 1.87. The molecule has 1 N–H and O–H groups in total. The monoisotopic (exact) mass is 219 g/mol. The van der Waals surface area contributed by atoms with Gasteiger partial charge in [0.1, 0.15) is 0 Å². The molecule has 0 radical (unpaired) electrons. The van der Waals surface area contributed by atoms with E-state index in [4.69, 9.17) is 4.74 Å². The molecule has 1 heterocycles. The molecule has 3 nitrogen and oxygen atoms in total. The summed E-state index contributed by atoms with van der Waals surface area (Å²) in [6.07, 6.45) is 3.52. The van der Waals surface area contributed by atoms with Gasteiger partial charge in [-0.05, 0) is 31.4 Å². The molecule has 1 unspecified atom stereocenters. The summed E-state index contributed by atoms with van der Waals surface area (Å²) in [6.45, 7) is 0.948. The molecule has 1 aromatic rings. The van der Waals surface area contributed by atoms with Crippen LogP contribution in [0.25, 0.3) is 0 Å². The number of hydrogen-bond donors (Lipinski definition) is 1. The topological polar surface area (TPSA) is 38.3 Å². The fraction of sp³-hybridized carbons (Fsp3) is 0.462. The molecule has 1 aliphatic rings. The van der Waals surface area contributed by atoms with E-state index < -0.39 is 0 Å². The van der Waals surface area contributed by atoms with Crippen LogP contribution >= 0.6 is 0 Å². The fourth-order valence-corrected chi connectivity index (χ4v) is 1.88. The number of carbonyl (C=O) groups is 1. The number of esters is 1. The van der Waals surface area contributed by atoms with Gasteiger partial charge in [-0.1, -0.05) is 30.3 Å². The highest BCUT2D eigenvalue weighted by Gasteiger charge is 2.16. The maximum absolute atomic E-state index is 11.6. The molecule has 0 aromatic heterocycles. The minimum atomic E-state index is -0.148. The summed E-state index contributed by atoms with van der Waals surface area (Å²) < 4.78 is 5.35. The van der Waals surface area contributed by atoms with Crippen LogP contribution in [0.1, 0.15) is 24.8 Å². The van der Waals surface area contributed by atoms with Gasteiger partial charge in [-0.3, -0.25) is 10.1 Å². The first-order chi connectivity index (χ1) is 7.84. The third-order valence-electron chi connectivity index (χ3n) is 2.73. The number of benzene rings is 1. The number of hydrogen-bond acceptors (Lipinski definition) is 3. The van der Waals surface area contributed by atoms with E-state index in [9.17, 15) is 4.79 Å². The Balaban J connectivity index is 1.80. The van der Waals surface area contributed by atoms with Crippen molar-refractivity contribution in [2.45, 2.75) is 31.9 Å². The molecule has 1 aliphatic heterocycles. The summed E-state index contributed by atoms with van der Waals surface area (Å²) in [5.41, 5.74) is 1.00. The molecule has 1 aromatic carbocycles. The van der Waals surface area contributed by atoms with Crippen molar-refractivity contribution in [3.63, 3.8) is 0 Å². The summed E-state index contributed by atoms with van der Waals surface area (Å²) >= 11 is 0. The predicted molar refractivity (Wildman–Crippen MR) is 61.9 cm³/mol. The first-order valence-electron chi connectivity index (χ1n) is 5.81. The lowest BCUT2D eigenvalue weighted by atomic mass is 10.1. The minimum absolute atomic E-state index is 0.0787. The van der Waals surface area contributed by atoms with Gasteiger partial charge in [0.15, 0.2) is 6.23 Å². The highest BCUT2D eigenvalue weighted by atomic mass is 16.6. The standard InChI is InChI=1S/C13H17NO2/c15-13(10-11-6-2-1-3-7-11)16-12-8-4-5-9-14-12/h1-3,6-7,12,14H,4-5,8-10H2. The van der Waals surface area contributed by atoms with Crippen molar-refractivity contribution < 1.29 is 9.53 Å². The number of ether oxygens (including phenoxy) is 1. The summed E-state index contributed by atoms with van der Waals surface area (Å²) in [6, 6.07) is 9.69. The van der Waals surface area contributed by atoms with Crippen molar-refractivity contribution in [3.05, 3.63) is 35.9 Å². The highest BCUT2D eigenvalue weighted by molar-refractivity contribution is 5.72. The van der Waals surface area contributed by atoms with E-state index in [1.165, 1.54) is 6.42 Å². The Hall–Kier alpha value is -1.35. The van der Waals surface area contributed by atoms with Crippen LogP contribution in [-0.2, 0) is 16.0 Å². The largest absolute Gasteiger partial charge is 0.446 e. The lowest BCUT2D eigenvalue weighted by Crippen LogP contribution is -2.38. The van der Waals surface area contributed by atoms with Crippen LogP contribution in [0, 0.1) is 0 Å². The summed E-state index contributed by atoms with van der Waals surface area (Å²) in [4.78, 5) is 11.6. The molecule has 3 heteroatoms. The second-order valence-electron chi connectivity index (χ2n) is 4.09. The Morgan fingerprint density at radius 1 is 1.31 bits per heavy atom. The SMILES string of the molecule is O=C(Cc1ccccc1)OC1CCCCN1. The number of nitrogens with one attached hydrogen (secondary N) is 1. The van der Waals surface area contributed by atoms with Crippen LogP contribution in [0.2, 0.25) is 0 Å². The molecule has 0 amide bonds. The third kappa shape index (κ3) is 3.35. The minimum Gasteiger partial charge on any atom is -0.446 e. The molecule has 1 saturated heterocycles. The number of carbonyl (C=O) groups excluding carboxylic acids is 1. The molecule has 1 atom stereocenters. The molecular formula is C13H17NO2. The molecule has 0 aliphatic carbocycles. The van der Waals surface area contributed by atoms with Gasteiger partial charge < -0.3 is 4.74 Å². The van der Waals surface area contributed by atoms with Crippen LogP contribution in [0.4, 0.5) is 0 Å². The Labute approximate surface area is 95.8 Å². The van der Waals surface area contributed by atoms with Gasteiger partial charge in [0.25, 0.3) is 0 Å². The van der Waals surface area contributed by atoms with Gasteiger partial charge in [0, 0.05) is 0 Å². The number of piperidine rings is 1. The normalized spacial score (nSPS) is 20.4. The zero-order chi connectivity index (χ0) is 11.2. The molecular weight excluding hydrogens is 202 g/mol. The van der Waals surface area contributed by atoms with Crippen LogP contribution in [0.15, 0.2) is 30.3 Å². The molecule has 16 heavy (non-hydrogen) atoms. The van der Waals surface area contributed by atoms with Gasteiger partial charge in [-0.2, -0.15) is 0 Å². The van der Waals surface area contributed by atoms with Crippen molar-refractivity contribution in [1.82, 2.24) is 5.32 Å². The lowest BCUT2D eigenvalue weighted by Gasteiger charge is -2.23.